The fourth-order valence-corrected chi connectivity index (χ4v) is 3.13. The molecule has 7 heteroatoms. The number of carbonyl (C=O) groups excluding carboxylic acids is 1. The first kappa shape index (κ1) is 15.6. The lowest BCUT2D eigenvalue weighted by Gasteiger charge is -2.28. The van der Waals surface area contributed by atoms with Gasteiger partial charge in [-0.2, -0.15) is 4.80 Å². The van der Waals surface area contributed by atoms with E-state index < -0.39 is 0 Å². The summed E-state index contributed by atoms with van der Waals surface area (Å²) in [6.07, 6.45) is 5.96. The van der Waals surface area contributed by atoms with E-state index in [4.69, 9.17) is 0 Å². The predicted octanol–water partition coefficient (Wildman–Crippen LogP) is 1.74. The summed E-state index contributed by atoms with van der Waals surface area (Å²) in [5.41, 5.74) is 1.88. The molecule has 1 saturated carbocycles. The Kier molecular flexibility index (Phi) is 4.64. The van der Waals surface area contributed by atoms with Crippen LogP contribution in [0, 0.1) is 12.8 Å². The van der Waals surface area contributed by atoms with Crippen molar-refractivity contribution >= 4 is 5.91 Å². The molecule has 122 valence electrons. The molecule has 0 saturated heterocycles. The lowest BCUT2D eigenvalue weighted by atomic mass is 9.86. The van der Waals surface area contributed by atoms with Crippen LogP contribution < -0.4 is 5.32 Å². The number of hydrogen-bond acceptors (Lipinski definition) is 5. The van der Waals surface area contributed by atoms with Crippen molar-refractivity contribution in [2.45, 2.75) is 52.1 Å². The van der Waals surface area contributed by atoms with Crippen molar-refractivity contribution in [3.05, 3.63) is 24.0 Å². The largest absolute Gasteiger partial charge is 0.354 e. The van der Waals surface area contributed by atoms with Crippen LogP contribution in [-0.4, -0.2) is 37.1 Å². The highest BCUT2D eigenvalue weighted by Crippen LogP contribution is 2.25. The zero-order valence-electron chi connectivity index (χ0n) is 13.6. The number of rotatable bonds is 4. The highest BCUT2D eigenvalue weighted by Gasteiger charge is 2.22. The predicted molar refractivity (Wildman–Crippen MR) is 85.3 cm³/mol. The van der Waals surface area contributed by atoms with Gasteiger partial charge in [0.05, 0.1) is 6.54 Å². The van der Waals surface area contributed by atoms with E-state index in [0.717, 1.165) is 43.5 Å². The number of tetrazole rings is 1. The highest BCUT2D eigenvalue weighted by atomic mass is 16.1. The Hall–Kier alpha value is -2.31. The molecule has 0 radical (unpaired) electrons. The fraction of sp³-hybridized carbons (Fsp3) is 0.562. The number of nitrogens with zero attached hydrogens (tertiary/aromatic N) is 5. The highest BCUT2D eigenvalue weighted by molar-refractivity contribution is 5.73. The number of hydrogen-bond donors (Lipinski definition) is 1. The third-order valence-corrected chi connectivity index (χ3v) is 4.28. The Morgan fingerprint density at radius 3 is 2.83 bits per heavy atom. The van der Waals surface area contributed by atoms with Gasteiger partial charge in [0.15, 0.2) is 0 Å². The van der Waals surface area contributed by atoms with Gasteiger partial charge in [0.2, 0.25) is 11.7 Å². The molecular formula is C16H22N6O. The van der Waals surface area contributed by atoms with Gasteiger partial charge in [-0.3, -0.25) is 9.78 Å². The van der Waals surface area contributed by atoms with Gasteiger partial charge in [-0.1, -0.05) is 0 Å². The van der Waals surface area contributed by atoms with Crippen LogP contribution in [0.1, 0.15) is 38.3 Å². The second-order valence-corrected chi connectivity index (χ2v) is 6.27. The van der Waals surface area contributed by atoms with E-state index >= 15 is 0 Å². The lowest BCUT2D eigenvalue weighted by Crippen LogP contribution is -2.36. The third kappa shape index (κ3) is 4.12. The summed E-state index contributed by atoms with van der Waals surface area (Å²) in [6, 6.07) is 4.18. The van der Waals surface area contributed by atoms with Crippen LogP contribution in [0.5, 0.6) is 0 Å². The summed E-state index contributed by atoms with van der Waals surface area (Å²) >= 11 is 0. The van der Waals surface area contributed by atoms with Crippen LogP contribution >= 0.6 is 0 Å². The Bertz CT molecular complexity index is 675. The van der Waals surface area contributed by atoms with Crippen LogP contribution in [-0.2, 0) is 11.3 Å². The third-order valence-electron chi connectivity index (χ3n) is 4.28. The summed E-state index contributed by atoms with van der Waals surface area (Å²) < 4.78 is 0. The maximum absolute atomic E-state index is 11.1. The van der Waals surface area contributed by atoms with Crippen molar-refractivity contribution in [2.75, 3.05) is 0 Å². The van der Waals surface area contributed by atoms with Crippen molar-refractivity contribution in [1.82, 2.24) is 30.5 Å². The molecule has 0 atom stereocenters. The maximum Gasteiger partial charge on any atom is 0.217 e. The Balaban J connectivity index is 1.57. The monoisotopic (exact) mass is 314 g/mol. The van der Waals surface area contributed by atoms with E-state index in [2.05, 4.69) is 25.7 Å². The molecule has 0 spiro atoms. The summed E-state index contributed by atoms with van der Waals surface area (Å²) in [5.74, 6) is 1.24. The quantitative estimate of drug-likeness (QED) is 0.929. The first-order chi connectivity index (χ1) is 11.1. The van der Waals surface area contributed by atoms with Crippen molar-refractivity contribution in [2.24, 2.45) is 5.92 Å². The molecule has 1 aliphatic carbocycles. The Morgan fingerprint density at radius 1 is 1.35 bits per heavy atom. The topological polar surface area (TPSA) is 85.6 Å². The van der Waals surface area contributed by atoms with Gasteiger partial charge in [0, 0.05) is 30.4 Å². The minimum Gasteiger partial charge on any atom is -0.354 e. The van der Waals surface area contributed by atoms with Gasteiger partial charge in [-0.25, -0.2) is 0 Å². The Labute approximate surface area is 135 Å². The standard InChI is InChI=1S/C16H22N6O/c1-11-9-14(7-8-17-11)16-19-21-22(20-16)10-13-3-5-15(6-4-13)18-12(2)23/h7-9,13,15H,3-6,10H2,1-2H3,(H,18,23). The molecule has 23 heavy (non-hydrogen) atoms. The first-order valence-electron chi connectivity index (χ1n) is 8.08. The van der Waals surface area contributed by atoms with Crippen molar-refractivity contribution in [3.63, 3.8) is 0 Å². The molecule has 2 aromatic rings. The number of carbonyl (C=O) groups is 1. The van der Waals surface area contributed by atoms with Crippen molar-refractivity contribution in [3.8, 4) is 11.4 Å². The Morgan fingerprint density at radius 2 is 2.13 bits per heavy atom. The van der Waals surface area contributed by atoms with Crippen LogP contribution in [0.25, 0.3) is 11.4 Å². The summed E-state index contributed by atoms with van der Waals surface area (Å²) in [7, 11) is 0. The summed E-state index contributed by atoms with van der Waals surface area (Å²) in [6.45, 7) is 4.30. The average Bonchev–Trinajstić information content (AvgIpc) is 2.97. The van der Waals surface area contributed by atoms with E-state index in [-0.39, 0.29) is 5.91 Å². The van der Waals surface area contributed by atoms with Gasteiger partial charge >= 0.3 is 0 Å². The summed E-state index contributed by atoms with van der Waals surface area (Å²) in [5, 5.41) is 15.8. The second kappa shape index (κ2) is 6.85. The van der Waals surface area contributed by atoms with E-state index in [1.54, 1.807) is 17.9 Å². The zero-order chi connectivity index (χ0) is 16.2. The van der Waals surface area contributed by atoms with Crippen molar-refractivity contribution < 1.29 is 4.79 Å². The van der Waals surface area contributed by atoms with E-state index in [1.165, 1.54) is 0 Å². The summed E-state index contributed by atoms with van der Waals surface area (Å²) in [4.78, 5) is 17.0. The van der Waals surface area contributed by atoms with Crippen molar-refractivity contribution in [1.29, 1.82) is 0 Å². The average molecular weight is 314 g/mol. The normalized spacial score (nSPS) is 21.1. The minimum absolute atomic E-state index is 0.0590. The molecule has 0 aliphatic heterocycles. The van der Waals surface area contributed by atoms with E-state index in [9.17, 15) is 4.79 Å². The molecule has 1 fully saturated rings. The molecule has 0 aromatic carbocycles. The van der Waals surface area contributed by atoms with Crippen LogP contribution in [0.3, 0.4) is 0 Å². The van der Waals surface area contributed by atoms with Gasteiger partial charge in [0.25, 0.3) is 0 Å². The first-order valence-corrected chi connectivity index (χ1v) is 8.08. The zero-order valence-corrected chi connectivity index (χ0v) is 13.6. The van der Waals surface area contributed by atoms with Gasteiger partial charge in [-0.05, 0) is 55.9 Å². The van der Waals surface area contributed by atoms with Gasteiger partial charge < -0.3 is 5.32 Å². The minimum atomic E-state index is 0.0590. The number of nitrogens with one attached hydrogen (secondary N) is 1. The smallest absolute Gasteiger partial charge is 0.217 e. The SMILES string of the molecule is CC(=O)NC1CCC(Cn2nnc(-c3ccnc(C)c3)n2)CC1. The molecule has 3 rings (SSSR count). The number of amides is 1. The van der Waals surface area contributed by atoms with E-state index in [1.807, 2.05) is 19.1 Å². The molecule has 2 aromatic heterocycles. The van der Waals surface area contributed by atoms with Gasteiger partial charge in [-0.15, -0.1) is 10.2 Å². The maximum atomic E-state index is 11.1. The molecule has 0 bridgehead atoms. The molecule has 7 nitrogen and oxygen atoms in total. The lowest BCUT2D eigenvalue weighted by molar-refractivity contribution is -0.119. The number of aromatic nitrogens is 5. The van der Waals surface area contributed by atoms with Crippen LogP contribution in [0.15, 0.2) is 18.3 Å². The molecule has 0 unspecified atom stereocenters. The van der Waals surface area contributed by atoms with Crippen LogP contribution in [0.2, 0.25) is 0 Å². The van der Waals surface area contributed by atoms with Crippen LogP contribution in [0.4, 0.5) is 0 Å². The number of pyridine rings is 1. The number of aryl methyl sites for hydroxylation is 1. The van der Waals surface area contributed by atoms with Gasteiger partial charge in [0.1, 0.15) is 0 Å². The second-order valence-electron chi connectivity index (χ2n) is 6.27. The molecular weight excluding hydrogens is 292 g/mol. The molecule has 1 aliphatic rings. The molecule has 1 amide bonds. The molecule has 2 heterocycles. The van der Waals surface area contributed by atoms with E-state index in [0.29, 0.717) is 17.8 Å². The fourth-order valence-electron chi connectivity index (χ4n) is 3.13. The molecule has 1 N–H and O–H groups in total.